The third kappa shape index (κ3) is 5.52. The number of rotatable bonds is 7. The highest BCUT2D eigenvalue weighted by molar-refractivity contribution is 5.64. The van der Waals surface area contributed by atoms with Crippen molar-refractivity contribution in [1.29, 1.82) is 5.26 Å². The number of aromatic nitrogens is 3. The van der Waals surface area contributed by atoms with Gasteiger partial charge in [0, 0.05) is 36.1 Å². The van der Waals surface area contributed by atoms with Crippen molar-refractivity contribution in [2.24, 2.45) is 0 Å². The summed E-state index contributed by atoms with van der Waals surface area (Å²) in [4.78, 5) is 13.2. The first-order valence-electron chi connectivity index (χ1n) is 10.1. The average molecular weight is 440 g/mol. The van der Waals surface area contributed by atoms with Crippen LogP contribution in [0.2, 0.25) is 0 Å². The van der Waals surface area contributed by atoms with E-state index in [-0.39, 0.29) is 0 Å². The predicted octanol–water partition coefficient (Wildman–Crippen LogP) is 5.27. The molecule has 9 heteroatoms. The maximum atomic E-state index is 13.0. The largest absolute Gasteiger partial charge is 0.416 e. The minimum Gasteiger partial charge on any atom is -0.370 e. The molecule has 0 fully saturated rings. The molecule has 0 saturated heterocycles. The smallest absolute Gasteiger partial charge is 0.370 e. The summed E-state index contributed by atoms with van der Waals surface area (Å²) in [6.07, 6.45) is -2.10. The molecule has 3 aromatic rings. The van der Waals surface area contributed by atoms with Crippen LogP contribution >= 0.6 is 0 Å². The Morgan fingerprint density at radius 1 is 1.00 bits per heavy atom. The topological polar surface area (TPSA) is 86.5 Å². The normalized spacial score (nSPS) is 11.2. The van der Waals surface area contributed by atoms with Crippen molar-refractivity contribution in [3.63, 3.8) is 0 Å². The van der Waals surface area contributed by atoms with Gasteiger partial charge in [-0.15, -0.1) is 0 Å². The first-order chi connectivity index (χ1) is 15.2. The molecule has 3 rings (SSSR count). The Balaban J connectivity index is 1.66. The lowest BCUT2D eigenvalue weighted by atomic mass is 10.0. The molecule has 6 nitrogen and oxygen atoms in total. The van der Waals surface area contributed by atoms with Crippen LogP contribution in [-0.4, -0.2) is 28.0 Å². The first kappa shape index (κ1) is 23.0. The summed E-state index contributed by atoms with van der Waals surface area (Å²) in [5.41, 5.74) is 2.50. The van der Waals surface area contributed by atoms with Crippen molar-refractivity contribution < 1.29 is 13.2 Å². The summed E-state index contributed by atoms with van der Waals surface area (Å²) in [5, 5.41) is 15.3. The van der Waals surface area contributed by atoms with Crippen molar-refractivity contribution in [2.45, 2.75) is 33.4 Å². The van der Waals surface area contributed by atoms with E-state index in [1.54, 1.807) is 19.1 Å². The van der Waals surface area contributed by atoms with Gasteiger partial charge in [-0.3, -0.25) is 0 Å². The zero-order valence-corrected chi connectivity index (χ0v) is 18.0. The monoisotopic (exact) mass is 440 g/mol. The zero-order chi connectivity index (χ0) is 23.3. The SMILES string of the molecule is Cc1cc(C(F)(F)F)ccc1-c1nc(C)c(C)c(NCCCNc2ccc(C#N)cn2)n1. The molecule has 32 heavy (non-hydrogen) atoms. The molecule has 0 atom stereocenters. The maximum absolute atomic E-state index is 13.0. The van der Waals surface area contributed by atoms with Crippen molar-refractivity contribution in [2.75, 3.05) is 23.7 Å². The van der Waals surface area contributed by atoms with Crippen molar-refractivity contribution in [1.82, 2.24) is 15.0 Å². The number of pyridine rings is 1. The molecule has 1 aromatic carbocycles. The molecule has 0 radical (unpaired) electrons. The number of anilines is 2. The van der Waals surface area contributed by atoms with Gasteiger partial charge in [-0.2, -0.15) is 18.4 Å². The lowest BCUT2D eigenvalue weighted by Crippen LogP contribution is -2.12. The van der Waals surface area contributed by atoms with Crippen LogP contribution < -0.4 is 10.6 Å². The van der Waals surface area contributed by atoms with E-state index in [9.17, 15) is 13.2 Å². The molecule has 166 valence electrons. The number of hydrogen-bond acceptors (Lipinski definition) is 6. The number of alkyl halides is 3. The Morgan fingerprint density at radius 2 is 1.75 bits per heavy atom. The summed E-state index contributed by atoms with van der Waals surface area (Å²) < 4.78 is 38.9. The molecular weight excluding hydrogens is 417 g/mol. The summed E-state index contributed by atoms with van der Waals surface area (Å²) in [7, 11) is 0. The first-order valence-corrected chi connectivity index (χ1v) is 10.1. The molecule has 0 aliphatic carbocycles. The Morgan fingerprint density at radius 3 is 2.38 bits per heavy atom. The van der Waals surface area contributed by atoms with Gasteiger partial charge in [-0.05, 0) is 57.0 Å². The highest BCUT2D eigenvalue weighted by Gasteiger charge is 2.30. The summed E-state index contributed by atoms with van der Waals surface area (Å²) in [6.45, 7) is 6.67. The van der Waals surface area contributed by atoms with Gasteiger partial charge in [0.05, 0.1) is 11.1 Å². The summed E-state index contributed by atoms with van der Waals surface area (Å²) in [6, 6.07) is 9.06. The molecule has 2 aromatic heterocycles. The fourth-order valence-corrected chi connectivity index (χ4v) is 3.09. The molecule has 0 spiro atoms. The lowest BCUT2D eigenvalue weighted by molar-refractivity contribution is -0.137. The van der Waals surface area contributed by atoms with Gasteiger partial charge < -0.3 is 10.6 Å². The Labute approximate surface area is 184 Å². The van der Waals surface area contributed by atoms with Gasteiger partial charge in [-0.25, -0.2) is 15.0 Å². The molecule has 2 heterocycles. The third-order valence-electron chi connectivity index (χ3n) is 5.03. The molecule has 0 aliphatic rings. The molecule has 0 bridgehead atoms. The van der Waals surface area contributed by atoms with E-state index < -0.39 is 11.7 Å². The van der Waals surface area contributed by atoms with Crippen LogP contribution in [0.5, 0.6) is 0 Å². The van der Waals surface area contributed by atoms with Crippen LogP contribution in [0, 0.1) is 32.1 Å². The Hall–Kier alpha value is -3.67. The van der Waals surface area contributed by atoms with Crippen LogP contribution in [0.25, 0.3) is 11.4 Å². The third-order valence-corrected chi connectivity index (χ3v) is 5.03. The van der Waals surface area contributed by atoms with Gasteiger partial charge in [0.2, 0.25) is 0 Å². The van der Waals surface area contributed by atoms with Crippen LogP contribution in [0.15, 0.2) is 36.5 Å². The van der Waals surface area contributed by atoms with E-state index in [2.05, 4.69) is 25.6 Å². The van der Waals surface area contributed by atoms with E-state index in [0.717, 1.165) is 29.8 Å². The van der Waals surface area contributed by atoms with Crippen LogP contribution in [-0.2, 0) is 6.18 Å². The fraction of sp³-hybridized carbons (Fsp3) is 0.304. The van der Waals surface area contributed by atoms with E-state index in [1.165, 1.54) is 12.3 Å². The van der Waals surface area contributed by atoms with Crippen LogP contribution in [0.3, 0.4) is 0 Å². The highest BCUT2D eigenvalue weighted by atomic mass is 19.4. The number of nitrogens with one attached hydrogen (secondary N) is 2. The standard InChI is InChI=1S/C23H23F3N6/c1-14-11-18(23(24,25)26)6-7-19(14)22-31-16(3)15(2)21(32-22)29-10-4-9-28-20-8-5-17(12-27)13-30-20/h5-8,11,13H,4,9-10H2,1-3H3,(H,28,30)(H,29,31,32). The van der Waals surface area contributed by atoms with Crippen molar-refractivity contribution in [3.8, 4) is 17.5 Å². The van der Waals surface area contributed by atoms with Crippen molar-refractivity contribution in [3.05, 3.63) is 64.5 Å². The maximum Gasteiger partial charge on any atom is 0.416 e. The minimum atomic E-state index is -4.39. The van der Waals surface area contributed by atoms with Gasteiger partial charge in [-0.1, -0.05) is 6.07 Å². The van der Waals surface area contributed by atoms with E-state index in [0.29, 0.717) is 47.2 Å². The number of nitrogens with zero attached hydrogens (tertiary/aromatic N) is 4. The Kier molecular flexibility index (Phi) is 6.93. The molecule has 0 amide bonds. The molecule has 0 aliphatic heterocycles. The van der Waals surface area contributed by atoms with Gasteiger partial charge in [0.25, 0.3) is 0 Å². The van der Waals surface area contributed by atoms with Crippen LogP contribution in [0.1, 0.15) is 34.4 Å². The predicted molar refractivity (Wildman–Crippen MR) is 117 cm³/mol. The zero-order valence-electron chi connectivity index (χ0n) is 18.0. The van der Waals surface area contributed by atoms with Crippen molar-refractivity contribution >= 4 is 11.6 Å². The number of nitriles is 1. The number of halogens is 3. The minimum absolute atomic E-state index is 0.390. The van der Waals surface area contributed by atoms with Gasteiger partial charge in [0.15, 0.2) is 5.82 Å². The lowest BCUT2D eigenvalue weighted by Gasteiger charge is -2.15. The van der Waals surface area contributed by atoms with Crippen LogP contribution in [0.4, 0.5) is 24.8 Å². The number of benzene rings is 1. The van der Waals surface area contributed by atoms with Gasteiger partial charge >= 0.3 is 6.18 Å². The number of hydrogen-bond donors (Lipinski definition) is 2. The fourth-order valence-electron chi connectivity index (χ4n) is 3.09. The molecule has 0 saturated carbocycles. The molecule has 0 unspecified atom stereocenters. The van der Waals surface area contributed by atoms with E-state index in [1.807, 2.05) is 19.9 Å². The summed E-state index contributed by atoms with van der Waals surface area (Å²) in [5.74, 6) is 1.74. The van der Waals surface area contributed by atoms with Gasteiger partial charge in [0.1, 0.15) is 17.7 Å². The molecular formula is C23H23F3N6. The van der Waals surface area contributed by atoms with E-state index in [4.69, 9.17) is 5.26 Å². The quantitative estimate of drug-likeness (QED) is 0.487. The second-order valence-corrected chi connectivity index (χ2v) is 7.38. The second kappa shape index (κ2) is 9.64. The second-order valence-electron chi connectivity index (χ2n) is 7.38. The van der Waals surface area contributed by atoms with E-state index >= 15 is 0 Å². The highest BCUT2D eigenvalue weighted by Crippen LogP contribution is 2.33. The Bertz CT molecular complexity index is 1130. The molecule has 2 N–H and O–H groups in total. The number of aryl methyl sites for hydroxylation is 2. The summed E-state index contributed by atoms with van der Waals surface area (Å²) >= 11 is 0. The average Bonchev–Trinajstić information content (AvgIpc) is 2.76.